The first kappa shape index (κ1) is 13.8. The van der Waals surface area contributed by atoms with Crippen molar-refractivity contribution in [2.75, 3.05) is 6.54 Å². The van der Waals surface area contributed by atoms with Gasteiger partial charge in [-0.3, -0.25) is 14.6 Å². The number of carbonyl (C=O) groups is 1. The number of benzene rings is 1. The Balaban J connectivity index is 2.02. The molecule has 4 N–H and O–H groups in total. The van der Waals surface area contributed by atoms with Crippen LogP contribution in [0.15, 0.2) is 46.1 Å². The summed E-state index contributed by atoms with van der Waals surface area (Å²) in [6.07, 6.45) is 0.160. The Bertz CT molecular complexity index is 705. The second-order valence-electron chi connectivity index (χ2n) is 4.12. The van der Waals surface area contributed by atoms with Crippen molar-refractivity contribution in [1.29, 1.82) is 0 Å². The van der Waals surface area contributed by atoms with Crippen molar-refractivity contribution in [2.45, 2.75) is 6.10 Å². The summed E-state index contributed by atoms with van der Waals surface area (Å²) >= 11 is 0. The first-order chi connectivity index (χ1) is 9.58. The summed E-state index contributed by atoms with van der Waals surface area (Å²) in [5, 5.41) is 12.3. The van der Waals surface area contributed by atoms with Crippen LogP contribution in [0.1, 0.15) is 22.0 Å². The number of aliphatic hydroxyl groups excluding tert-OH is 1. The average molecular weight is 275 g/mol. The lowest BCUT2D eigenvalue weighted by molar-refractivity contribution is 0.0914. The first-order valence-corrected chi connectivity index (χ1v) is 5.91. The molecule has 0 fully saturated rings. The molecule has 7 nitrogen and oxygen atoms in total. The smallest absolute Gasteiger partial charge is 0.325 e. The van der Waals surface area contributed by atoms with E-state index in [1.807, 2.05) is 11.1 Å². The maximum atomic E-state index is 11.7. The molecule has 2 aromatic rings. The third-order valence-corrected chi connectivity index (χ3v) is 2.70. The van der Waals surface area contributed by atoms with Crippen molar-refractivity contribution in [1.82, 2.24) is 15.3 Å². The molecular formula is C13H13N3O4. The van der Waals surface area contributed by atoms with Gasteiger partial charge in [-0.1, -0.05) is 30.3 Å². The van der Waals surface area contributed by atoms with Crippen LogP contribution in [0.3, 0.4) is 0 Å². The van der Waals surface area contributed by atoms with E-state index >= 15 is 0 Å². The summed E-state index contributed by atoms with van der Waals surface area (Å²) in [6, 6.07) is 8.81. The second-order valence-corrected chi connectivity index (χ2v) is 4.12. The lowest BCUT2D eigenvalue weighted by Gasteiger charge is -2.11. The summed E-state index contributed by atoms with van der Waals surface area (Å²) in [7, 11) is 0. The predicted octanol–water partition coefficient (Wildman–Crippen LogP) is -0.473. The van der Waals surface area contributed by atoms with Gasteiger partial charge in [0.05, 0.1) is 6.10 Å². The van der Waals surface area contributed by atoms with Gasteiger partial charge in [0.25, 0.3) is 11.5 Å². The minimum atomic E-state index is -0.873. The molecule has 1 unspecified atom stereocenters. The van der Waals surface area contributed by atoms with Crippen molar-refractivity contribution < 1.29 is 9.90 Å². The number of hydrogen-bond acceptors (Lipinski definition) is 4. The molecule has 0 radical (unpaired) electrons. The summed E-state index contributed by atoms with van der Waals surface area (Å²) in [4.78, 5) is 38.1. The minimum absolute atomic E-state index is 0.0403. The minimum Gasteiger partial charge on any atom is -0.387 e. The fourth-order valence-electron chi connectivity index (χ4n) is 1.66. The highest BCUT2D eigenvalue weighted by molar-refractivity contribution is 5.93. The summed E-state index contributed by atoms with van der Waals surface area (Å²) in [5.41, 5.74) is -1.02. The predicted molar refractivity (Wildman–Crippen MR) is 71.4 cm³/mol. The molecule has 1 aromatic carbocycles. The van der Waals surface area contributed by atoms with Gasteiger partial charge in [-0.15, -0.1) is 0 Å². The molecule has 1 heterocycles. The Morgan fingerprint density at radius 2 is 1.95 bits per heavy atom. The van der Waals surface area contributed by atoms with Gasteiger partial charge in [-0.25, -0.2) is 4.79 Å². The molecule has 0 bridgehead atoms. The van der Waals surface area contributed by atoms with Gasteiger partial charge < -0.3 is 15.4 Å². The SMILES string of the molecule is O=C(NCC(O)c1ccccc1)c1c[nH]c(=O)[nH]c1=O. The quantitative estimate of drug-likeness (QED) is 0.603. The van der Waals surface area contributed by atoms with Crippen LogP contribution < -0.4 is 16.6 Å². The number of nitrogens with one attached hydrogen (secondary N) is 3. The molecule has 2 rings (SSSR count). The van der Waals surface area contributed by atoms with E-state index in [0.717, 1.165) is 6.20 Å². The van der Waals surface area contributed by atoms with Crippen LogP contribution in [0.2, 0.25) is 0 Å². The Morgan fingerprint density at radius 3 is 2.60 bits per heavy atom. The standard InChI is InChI=1S/C13H13N3O4/c17-10(8-4-2-1-3-5-8)7-14-11(18)9-6-15-13(20)16-12(9)19/h1-6,10,17H,7H2,(H,14,18)(H2,15,16,19,20). The number of aromatic nitrogens is 2. The van der Waals surface area contributed by atoms with Crippen LogP contribution in [0.5, 0.6) is 0 Å². The monoisotopic (exact) mass is 275 g/mol. The van der Waals surface area contributed by atoms with Gasteiger partial charge in [0.1, 0.15) is 5.56 Å². The first-order valence-electron chi connectivity index (χ1n) is 5.91. The molecule has 1 atom stereocenters. The van der Waals surface area contributed by atoms with Crippen LogP contribution in [-0.4, -0.2) is 27.5 Å². The van der Waals surface area contributed by atoms with Crippen molar-refractivity contribution in [3.8, 4) is 0 Å². The summed E-state index contributed by atoms with van der Waals surface area (Å²) in [5.74, 6) is -0.669. The van der Waals surface area contributed by atoms with Gasteiger partial charge in [0, 0.05) is 12.7 Å². The third-order valence-electron chi connectivity index (χ3n) is 2.70. The lowest BCUT2D eigenvalue weighted by atomic mass is 10.1. The zero-order chi connectivity index (χ0) is 14.5. The number of H-pyrrole nitrogens is 2. The molecule has 1 amide bonds. The Morgan fingerprint density at radius 1 is 1.25 bits per heavy atom. The van der Waals surface area contributed by atoms with Crippen LogP contribution in [-0.2, 0) is 0 Å². The van der Waals surface area contributed by atoms with Gasteiger partial charge in [-0.2, -0.15) is 0 Å². The van der Waals surface area contributed by atoms with E-state index in [2.05, 4.69) is 10.3 Å². The molecule has 1 aromatic heterocycles. The molecule has 0 saturated heterocycles. The largest absolute Gasteiger partial charge is 0.387 e. The van der Waals surface area contributed by atoms with Crippen LogP contribution in [0, 0.1) is 0 Å². The van der Waals surface area contributed by atoms with Gasteiger partial charge >= 0.3 is 5.69 Å². The van der Waals surface area contributed by atoms with E-state index in [4.69, 9.17) is 0 Å². The molecule has 0 aliphatic heterocycles. The molecular weight excluding hydrogens is 262 g/mol. The van der Waals surface area contributed by atoms with E-state index in [1.165, 1.54) is 0 Å². The summed E-state index contributed by atoms with van der Waals surface area (Å²) in [6.45, 7) is -0.0403. The molecule has 0 saturated carbocycles. The molecule has 7 heteroatoms. The van der Waals surface area contributed by atoms with E-state index in [-0.39, 0.29) is 12.1 Å². The summed E-state index contributed by atoms with van der Waals surface area (Å²) < 4.78 is 0. The number of carbonyl (C=O) groups excluding carboxylic acids is 1. The maximum Gasteiger partial charge on any atom is 0.325 e. The van der Waals surface area contributed by atoms with Crippen molar-refractivity contribution in [3.05, 3.63) is 68.5 Å². The molecule has 104 valence electrons. The van der Waals surface area contributed by atoms with Crippen LogP contribution >= 0.6 is 0 Å². The lowest BCUT2D eigenvalue weighted by Crippen LogP contribution is -2.35. The van der Waals surface area contributed by atoms with Crippen molar-refractivity contribution in [2.24, 2.45) is 0 Å². The zero-order valence-electron chi connectivity index (χ0n) is 10.4. The third kappa shape index (κ3) is 3.21. The van der Waals surface area contributed by atoms with Gasteiger partial charge in [0.2, 0.25) is 0 Å². The fourth-order valence-corrected chi connectivity index (χ4v) is 1.66. The van der Waals surface area contributed by atoms with E-state index in [9.17, 15) is 19.5 Å². The van der Waals surface area contributed by atoms with Gasteiger partial charge in [-0.05, 0) is 5.56 Å². The van der Waals surface area contributed by atoms with E-state index in [0.29, 0.717) is 5.56 Å². The van der Waals surface area contributed by atoms with Gasteiger partial charge in [0.15, 0.2) is 0 Å². The van der Waals surface area contributed by atoms with Crippen molar-refractivity contribution in [3.63, 3.8) is 0 Å². The highest BCUT2D eigenvalue weighted by Gasteiger charge is 2.13. The highest BCUT2D eigenvalue weighted by atomic mass is 16.3. The highest BCUT2D eigenvalue weighted by Crippen LogP contribution is 2.10. The normalized spacial score (nSPS) is 11.8. The molecule has 20 heavy (non-hydrogen) atoms. The Labute approximate surface area is 113 Å². The molecule has 0 aliphatic carbocycles. The number of amides is 1. The molecule has 0 aliphatic rings. The Hall–Kier alpha value is -2.67. The number of aliphatic hydroxyl groups is 1. The van der Waals surface area contributed by atoms with Crippen LogP contribution in [0.25, 0.3) is 0 Å². The number of hydrogen-bond donors (Lipinski definition) is 4. The second kappa shape index (κ2) is 5.98. The van der Waals surface area contributed by atoms with Crippen molar-refractivity contribution >= 4 is 5.91 Å². The average Bonchev–Trinajstić information content (AvgIpc) is 2.45. The topological polar surface area (TPSA) is 115 Å². The zero-order valence-corrected chi connectivity index (χ0v) is 10.4. The molecule has 0 spiro atoms. The van der Waals surface area contributed by atoms with E-state index < -0.39 is 23.3 Å². The fraction of sp³-hybridized carbons (Fsp3) is 0.154. The van der Waals surface area contributed by atoms with E-state index in [1.54, 1.807) is 24.3 Å². The maximum absolute atomic E-state index is 11.7. The van der Waals surface area contributed by atoms with Crippen LogP contribution in [0.4, 0.5) is 0 Å². The number of rotatable bonds is 4. The number of aromatic amines is 2. The Kier molecular flexibility index (Phi) is 4.11.